The van der Waals surface area contributed by atoms with Crippen LogP contribution in [0.2, 0.25) is 0 Å². The number of carbonyl (C=O) groups is 1. The van der Waals surface area contributed by atoms with Gasteiger partial charge in [-0.05, 0) is 31.2 Å². The molecule has 0 aliphatic rings. The standard InChI is InChI=1S/C15H24N2O3.C3H8/c1-5-17(10-9-16-15(18)20-4)12(2)13-7-6-8-14(11-13)19-3;1-3-2/h6-8,11-12H,5,9-10H2,1-4H3,(H,16,18);3H2,1-2H3/t12-;/m1./s1. The molecule has 132 valence electrons. The van der Waals surface area contributed by atoms with Gasteiger partial charge in [-0.2, -0.15) is 0 Å². The SMILES string of the molecule is CCC.CCN(CCNC(=O)OC)[C@H](C)c1cccc(OC)c1. The summed E-state index contributed by atoms with van der Waals surface area (Å²) in [6, 6.07) is 8.32. The molecule has 5 heteroatoms. The van der Waals surface area contributed by atoms with Crippen LogP contribution in [0.1, 0.15) is 45.7 Å². The Hall–Kier alpha value is -1.75. The Kier molecular flexibility index (Phi) is 11.8. The van der Waals surface area contributed by atoms with Gasteiger partial charge in [0.05, 0.1) is 14.2 Å². The van der Waals surface area contributed by atoms with E-state index in [9.17, 15) is 4.79 Å². The molecule has 1 aromatic rings. The van der Waals surface area contributed by atoms with E-state index in [1.807, 2.05) is 18.2 Å². The second-order valence-corrected chi connectivity index (χ2v) is 5.21. The highest BCUT2D eigenvalue weighted by molar-refractivity contribution is 5.66. The Balaban J connectivity index is 0.00000149. The van der Waals surface area contributed by atoms with Gasteiger partial charge in [0.2, 0.25) is 0 Å². The lowest BCUT2D eigenvalue weighted by Gasteiger charge is -2.28. The number of likely N-dealkylation sites (N-methyl/N-ethyl adjacent to an activating group) is 1. The number of nitrogens with zero attached hydrogens (tertiary/aromatic N) is 1. The fraction of sp³-hybridized carbons (Fsp3) is 0.611. The van der Waals surface area contributed by atoms with Gasteiger partial charge in [0.25, 0.3) is 0 Å². The van der Waals surface area contributed by atoms with Crippen molar-refractivity contribution in [3.8, 4) is 5.75 Å². The maximum atomic E-state index is 11.0. The van der Waals surface area contributed by atoms with Crippen molar-refractivity contribution in [3.63, 3.8) is 0 Å². The van der Waals surface area contributed by atoms with Gasteiger partial charge in [-0.1, -0.05) is 39.3 Å². The Morgan fingerprint density at radius 3 is 2.43 bits per heavy atom. The van der Waals surface area contributed by atoms with Crippen molar-refractivity contribution >= 4 is 6.09 Å². The van der Waals surface area contributed by atoms with Crippen molar-refractivity contribution in [1.29, 1.82) is 0 Å². The summed E-state index contributed by atoms with van der Waals surface area (Å²) in [6.07, 6.45) is 0.857. The van der Waals surface area contributed by atoms with E-state index in [1.54, 1.807) is 7.11 Å². The Morgan fingerprint density at radius 1 is 1.26 bits per heavy atom. The van der Waals surface area contributed by atoms with Gasteiger partial charge in [0, 0.05) is 19.1 Å². The number of nitrogens with one attached hydrogen (secondary N) is 1. The highest BCUT2D eigenvalue weighted by atomic mass is 16.5. The third-order valence-corrected chi connectivity index (χ3v) is 3.38. The van der Waals surface area contributed by atoms with Crippen LogP contribution >= 0.6 is 0 Å². The van der Waals surface area contributed by atoms with Crippen molar-refractivity contribution in [1.82, 2.24) is 10.2 Å². The zero-order chi connectivity index (χ0) is 17.7. The summed E-state index contributed by atoms with van der Waals surface area (Å²) in [4.78, 5) is 13.3. The van der Waals surface area contributed by atoms with Crippen LogP contribution in [0.4, 0.5) is 4.79 Å². The van der Waals surface area contributed by atoms with E-state index in [4.69, 9.17) is 4.74 Å². The van der Waals surface area contributed by atoms with E-state index >= 15 is 0 Å². The van der Waals surface area contributed by atoms with Crippen molar-refractivity contribution in [2.24, 2.45) is 0 Å². The molecule has 1 aromatic carbocycles. The molecule has 0 aromatic heterocycles. The quantitative estimate of drug-likeness (QED) is 0.827. The molecule has 1 amide bonds. The normalized spacial score (nSPS) is 11.3. The summed E-state index contributed by atoms with van der Waals surface area (Å²) in [5, 5.41) is 2.70. The number of hydrogen-bond acceptors (Lipinski definition) is 4. The molecule has 0 radical (unpaired) electrons. The van der Waals surface area contributed by atoms with Crippen molar-refractivity contribution < 1.29 is 14.3 Å². The highest BCUT2D eigenvalue weighted by Crippen LogP contribution is 2.23. The molecule has 1 atom stereocenters. The Labute approximate surface area is 141 Å². The lowest BCUT2D eigenvalue weighted by Crippen LogP contribution is -2.36. The highest BCUT2D eigenvalue weighted by Gasteiger charge is 2.14. The molecule has 0 bridgehead atoms. The minimum atomic E-state index is -0.393. The lowest BCUT2D eigenvalue weighted by atomic mass is 10.1. The molecule has 0 fully saturated rings. The van der Waals surface area contributed by atoms with Crippen LogP contribution < -0.4 is 10.1 Å². The van der Waals surface area contributed by atoms with Gasteiger partial charge in [0.15, 0.2) is 0 Å². The summed E-state index contributed by atoms with van der Waals surface area (Å²) in [7, 11) is 3.04. The van der Waals surface area contributed by atoms with Crippen molar-refractivity contribution in [2.75, 3.05) is 33.9 Å². The minimum absolute atomic E-state index is 0.259. The lowest BCUT2D eigenvalue weighted by molar-refractivity contribution is 0.165. The molecule has 1 rings (SSSR count). The Bertz CT molecular complexity index is 438. The number of rotatable bonds is 7. The predicted molar refractivity (Wildman–Crippen MR) is 95.0 cm³/mol. The third-order valence-electron chi connectivity index (χ3n) is 3.38. The van der Waals surface area contributed by atoms with Crippen molar-refractivity contribution in [3.05, 3.63) is 29.8 Å². The number of carbonyl (C=O) groups excluding carboxylic acids is 1. The maximum absolute atomic E-state index is 11.0. The molecule has 0 aliphatic heterocycles. The Morgan fingerprint density at radius 2 is 1.91 bits per heavy atom. The number of methoxy groups -OCH3 is 2. The van der Waals surface area contributed by atoms with Crippen LogP contribution in [0.15, 0.2) is 24.3 Å². The second kappa shape index (κ2) is 12.8. The molecule has 23 heavy (non-hydrogen) atoms. The first-order valence-electron chi connectivity index (χ1n) is 8.23. The first-order chi connectivity index (χ1) is 11.0. The summed E-state index contributed by atoms with van der Waals surface area (Å²) in [6.45, 7) is 10.7. The molecule has 5 nitrogen and oxygen atoms in total. The monoisotopic (exact) mass is 324 g/mol. The van der Waals surface area contributed by atoms with E-state index < -0.39 is 6.09 Å². The molecule has 0 saturated carbocycles. The fourth-order valence-electron chi connectivity index (χ4n) is 2.11. The van der Waals surface area contributed by atoms with Crippen LogP contribution in [0.25, 0.3) is 0 Å². The number of amides is 1. The number of hydrogen-bond donors (Lipinski definition) is 1. The van der Waals surface area contributed by atoms with Gasteiger partial charge < -0.3 is 14.8 Å². The van der Waals surface area contributed by atoms with Gasteiger partial charge >= 0.3 is 6.09 Å². The van der Waals surface area contributed by atoms with Gasteiger partial charge in [0.1, 0.15) is 5.75 Å². The summed E-state index contributed by atoms with van der Waals surface area (Å²) in [5.41, 5.74) is 1.20. The van der Waals surface area contributed by atoms with Gasteiger partial charge in [-0.25, -0.2) is 4.79 Å². The molecule has 0 unspecified atom stereocenters. The van der Waals surface area contributed by atoms with E-state index in [0.717, 1.165) is 18.8 Å². The zero-order valence-electron chi connectivity index (χ0n) is 15.4. The molecule has 0 aliphatic carbocycles. The topological polar surface area (TPSA) is 50.8 Å². The van der Waals surface area contributed by atoms with Crippen LogP contribution in [0, 0.1) is 0 Å². The first-order valence-corrected chi connectivity index (χ1v) is 8.23. The zero-order valence-corrected chi connectivity index (χ0v) is 15.4. The number of alkyl carbamates (subject to hydrolysis) is 1. The fourth-order valence-corrected chi connectivity index (χ4v) is 2.11. The summed E-state index contributed by atoms with van der Waals surface area (Å²) in [5.74, 6) is 0.859. The van der Waals surface area contributed by atoms with E-state index in [1.165, 1.54) is 19.1 Å². The van der Waals surface area contributed by atoms with Crippen LogP contribution in [-0.4, -0.2) is 44.8 Å². The van der Waals surface area contributed by atoms with E-state index in [0.29, 0.717) is 6.54 Å². The first kappa shape index (κ1) is 21.2. The summed E-state index contributed by atoms with van der Waals surface area (Å²) < 4.78 is 9.81. The third kappa shape index (κ3) is 8.45. The molecular weight excluding hydrogens is 292 g/mol. The maximum Gasteiger partial charge on any atom is 0.406 e. The molecule has 0 heterocycles. The number of ether oxygens (including phenoxy) is 2. The summed E-state index contributed by atoms with van der Waals surface area (Å²) >= 11 is 0. The van der Waals surface area contributed by atoms with Crippen LogP contribution in [-0.2, 0) is 4.74 Å². The predicted octanol–water partition coefficient (Wildman–Crippen LogP) is 3.85. The van der Waals surface area contributed by atoms with Crippen LogP contribution in [0.3, 0.4) is 0 Å². The minimum Gasteiger partial charge on any atom is -0.497 e. The van der Waals surface area contributed by atoms with Crippen molar-refractivity contribution in [2.45, 2.75) is 40.2 Å². The molecule has 0 saturated heterocycles. The largest absolute Gasteiger partial charge is 0.497 e. The van der Waals surface area contributed by atoms with Crippen LogP contribution in [0.5, 0.6) is 5.75 Å². The smallest absolute Gasteiger partial charge is 0.406 e. The second-order valence-electron chi connectivity index (χ2n) is 5.21. The van der Waals surface area contributed by atoms with Gasteiger partial charge in [-0.15, -0.1) is 0 Å². The average molecular weight is 324 g/mol. The number of benzene rings is 1. The van der Waals surface area contributed by atoms with E-state index in [-0.39, 0.29) is 6.04 Å². The van der Waals surface area contributed by atoms with E-state index in [2.05, 4.69) is 48.7 Å². The van der Waals surface area contributed by atoms with Gasteiger partial charge in [-0.3, -0.25) is 4.90 Å². The average Bonchev–Trinajstić information content (AvgIpc) is 2.58. The molecular formula is C18H32N2O3. The molecule has 1 N–H and O–H groups in total. The molecule has 0 spiro atoms.